The van der Waals surface area contributed by atoms with E-state index in [0.717, 1.165) is 17.8 Å². The molecule has 13 nitrogen and oxygen atoms in total. The fourth-order valence-electron chi connectivity index (χ4n) is 4.87. The van der Waals surface area contributed by atoms with Gasteiger partial charge in [-0.25, -0.2) is 27.7 Å². The molecule has 1 heterocycles. The number of thiazole rings is 1. The number of aromatic nitrogens is 1. The van der Waals surface area contributed by atoms with Crippen molar-refractivity contribution in [2.24, 2.45) is 0 Å². The Morgan fingerprint density at radius 1 is 1.04 bits per heavy atom. The van der Waals surface area contributed by atoms with Gasteiger partial charge in [-0.05, 0) is 84.6 Å². The van der Waals surface area contributed by atoms with Gasteiger partial charge in [-0.15, -0.1) is 11.3 Å². The summed E-state index contributed by atoms with van der Waals surface area (Å²) in [6, 6.07) is 9.86. The van der Waals surface area contributed by atoms with Crippen molar-refractivity contribution in [3.05, 3.63) is 63.8 Å². The van der Waals surface area contributed by atoms with Gasteiger partial charge in [0.05, 0.1) is 25.8 Å². The molecule has 1 aliphatic rings. The highest BCUT2D eigenvalue weighted by Gasteiger charge is 2.29. The third-order valence-electron chi connectivity index (χ3n) is 6.75. The Morgan fingerprint density at radius 3 is 2.31 bits per heavy atom. The van der Waals surface area contributed by atoms with Crippen molar-refractivity contribution < 1.29 is 32.4 Å². The summed E-state index contributed by atoms with van der Waals surface area (Å²) in [4.78, 5) is 40.2. The van der Waals surface area contributed by atoms with Gasteiger partial charge in [0, 0.05) is 47.1 Å². The molecule has 0 radical (unpaired) electrons. The van der Waals surface area contributed by atoms with E-state index in [1.165, 1.54) is 41.7 Å². The van der Waals surface area contributed by atoms with Gasteiger partial charge in [-0.2, -0.15) is 0 Å². The fraction of sp³-hybridized carbons (Fsp3) is 0.433. The van der Waals surface area contributed by atoms with E-state index in [-0.39, 0.29) is 40.1 Å². The first kappa shape index (κ1) is 33.8. The second-order valence-corrected chi connectivity index (χ2v) is 14.8. The van der Waals surface area contributed by atoms with Crippen molar-refractivity contribution in [1.82, 2.24) is 15.0 Å². The van der Waals surface area contributed by atoms with Crippen molar-refractivity contribution in [2.75, 3.05) is 5.32 Å². The molecule has 0 spiro atoms. The zero-order valence-electron chi connectivity index (χ0n) is 25.7. The maximum atomic E-state index is 13.5. The molecule has 242 valence electrons. The molecule has 0 atom stereocenters. The monoisotopic (exact) mass is 659 g/mol. The Kier molecular flexibility index (Phi) is 10.5. The molecule has 0 unspecified atom stereocenters. The van der Waals surface area contributed by atoms with Crippen molar-refractivity contribution in [2.45, 2.75) is 88.8 Å². The Balaban J connectivity index is 1.44. The molecule has 45 heavy (non-hydrogen) atoms. The number of nitro groups is 1. The van der Waals surface area contributed by atoms with Crippen LogP contribution >= 0.6 is 11.3 Å². The lowest BCUT2D eigenvalue weighted by atomic mass is 9.86. The normalized spacial score (nSPS) is 17.0. The minimum Gasteiger partial charge on any atom is -0.447 e. The van der Waals surface area contributed by atoms with Gasteiger partial charge in [0.2, 0.25) is 10.0 Å². The van der Waals surface area contributed by atoms with E-state index in [9.17, 15) is 28.1 Å². The zero-order valence-corrected chi connectivity index (χ0v) is 27.3. The molecule has 2 amide bonds. The van der Waals surface area contributed by atoms with E-state index in [1.807, 2.05) is 0 Å². The van der Waals surface area contributed by atoms with Crippen molar-refractivity contribution in [1.29, 1.82) is 0 Å². The van der Waals surface area contributed by atoms with Crippen LogP contribution in [0.4, 0.5) is 21.0 Å². The molecule has 15 heteroatoms. The highest BCUT2D eigenvalue weighted by molar-refractivity contribution is 7.89. The van der Waals surface area contributed by atoms with Crippen molar-refractivity contribution >= 4 is 44.9 Å². The molecular weight excluding hydrogens is 622 g/mol. The van der Waals surface area contributed by atoms with Crippen LogP contribution in [0.1, 0.15) is 71.2 Å². The standard InChI is InChI=1S/C30H37N5O8S2/c1-18(2)42-28(36)33-21-10-15-24(26(16-21)45(40,41)34-30(3,4)5)25-17-31-27(44-25)19-6-8-20(9-7-19)32-29(37)43-23-13-11-22(12-14-23)35(38)39/h10-20,34H,6-9H2,1-5H3,(H,32,37)(H,33,36)/t19-,20-. The van der Waals surface area contributed by atoms with Crippen molar-refractivity contribution in [3.8, 4) is 16.2 Å². The summed E-state index contributed by atoms with van der Waals surface area (Å²) in [5.74, 6) is 0.340. The summed E-state index contributed by atoms with van der Waals surface area (Å²) in [5, 5.41) is 17.1. The number of carbonyl (C=O) groups excluding carboxylic acids is 2. The summed E-state index contributed by atoms with van der Waals surface area (Å²) in [7, 11) is -3.99. The van der Waals surface area contributed by atoms with Crippen LogP contribution in [0.3, 0.4) is 0 Å². The van der Waals surface area contributed by atoms with E-state index >= 15 is 0 Å². The number of anilines is 1. The average Bonchev–Trinajstić information content (AvgIpc) is 3.42. The number of carbonyl (C=O) groups is 2. The first-order chi connectivity index (χ1) is 21.1. The first-order valence-corrected chi connectivity index (χ1v) is 16.7. The first-order valence-electron chi connectivity index (χ1n) is 14.4. The smallest absolute Gasteiger partial charge is 0.412 e. The predicted octanol–water partition coefficient (Wildman–Crippen LogP) is 6.57. The van der Waals surface area contributed by atoms with Gasteiger partial charge in [-0.3, -0.25) is 15.4 Å². The van der Waals surface area contributed by atoms with Gasteiger partial charge in [0.15, 0.2) is 0 Å². The molecule has 4 rings (SSSR count). The molecule has 3 aromatic rings. The minimum atomic E-state index is -3.99. The highest BCUT2D eigenvalue weighted by Crippen LogP contribution is 2.40. The number of rotatable bonds is 9. The topological polar surface area (TPSA) is 179 Å². The Bertz CT molecular complexity index is 1640. The SMILES string of the molecule is CC(C)OC(=O)Nc1ccc(-c2cnc([C@H]3CC[C@H](NC(=O)Oc4ccc([N+](=O)[O-])cc4)CC3)s2)c(S(=O)(=O)NC(C)(C)C)c1. The second kappa shape index (κ2) is 13.9. The van der Waals surface area contributed by atoms with Gasteiger partial charge in [-0.1, -0.05) is 6.07 Å². The summed E-state index contributed by atoms with van der Waals surface area (Å²) in [6.07, 6.45) is 2.91. The number of amides is 2. The molecule has 2 aromatic carbocycles. The highest BCUT2D eigenvalue weighted by atomic mass is 32.2. The van der Waals surface area contributed by atoms with Crippen LogP contribution in [0.15, 0.2) is 53.6 Å². The van der Waals surface area contributed by atoms with Crippen LogP contribution in [0.25, 0.3) is 10.4 Å². The molecule has 1 aliphatic carbocycles. The average molecular weight is 660 g/mol. The molecule has 1 saturated carbocycles. The molecule has 1 aromatic heterocycles. The number of ether oxygens (including phenoxy) is 2. The summed E-state index contributed by atoms with van der Waals surface area (Å²) < 4.78 is 40.1. The number of hydrogen-bond donors (Lipinski definition) is 3. The molecular formula is C30H37N5O8S2. The number of hydrogen-bond acceptors (Lipinski definition) is 10. The van der Waals surface area contributed by atoms with Crippen molar-refractivity contribution in [3.63, 3.8) is 0 Å². The zero-order chi connectivity index (χ0) is 32.9. The number of nitro benzene ring substituents is 1. The van der Waals surface area contributed by atoms with Gasteiger partial charge >= 0.3 is 12.2 Å². The van der Waals surface area contributed by atoms with Crippen LogP contribution in [0, 0.1) is 10.1 Å². The maximum Gasteiger partial charge on any atom is 0.412 e. The van der Waals surface area contributed by atoms with Gasteiger partial charge < -0.3 is 14.8 Å². The maximum absolute atomic E-state index is 13.5. The molecule has 1 fully saturated rings. The molecule has 0 aliphatic heterocycles. The molecule has 0 bridgehead atoms. The van der Waals surface area contributed by atoms with E-state index in [2.05, 4.69) is 20.3 Å². The number of sulfonamides is 1. The number of nitrogens with zero attached hydrogens (tertiary/aromatic N) is 2. The molecule has 0 saturated heterocycles. The summed E-state index contributed by atoms with van der Waals surface area (Å²) in [6.45, 7) is 8.68. The lowest BCUT2D eigenvalue weighted by Gasteiger charge is -2.27. The summed E-state index contributed by atoms with van der Waals surface area (Å²) in [5.41, 5.74) is -0.0943. The van der Waals surface area contributed by atoms with Crippen LogP contribution in [-0.4, -0.2) is 48.2 Å². The second-order valence-electron chi connectivity index (χ2n) is 12.0. The van der Waals surface area contributed by atoms with E-state index in [4.69, 9.17) is 9.47 Å². The predicted molar refractivity (Wildman–Crippen MR) is 170 cm³/mol. The quantitative estimate of drug-likeness (QED) is 0.169. The number of nitrogens with one attached hydrogen (secondary N) is 3. The van der Waals surface area contributed by atoms with E-state index in [1.54, 1.807) is 52.9 Å². The van der Waals surface area contributed by atoms with Crippen LogP contribution in [-0.2, 0) is 14.8 Å². The Morgan fingerprint density at radius 2 is 1.71 bits per heavy atom. The van der Waals surface area contributed by atoms with Gasteiger partial charge in [0.25, 0.3) is 5.69 Å². The largest absolute Gasteiger partial charge is 0.447 e. The Hall–Kier alpha value is -4.08. The van der Waals surface area contributed by atoms with Gasteiger partial charge in [0.1, 0.15) is 5.75 Å². The summed E-state index contributed by atoms with van der Waals surface area (Å²) >= 11 is 1.41. The lowest BCUT2D eigenvalue weighted by Crippen LogP contribution is -2.40. The number of benzene rings is 2. The van der Waals surface area contributed by atoms with Crippen LogP contribution in [0.2, 0.25) is 0 Å². The lowest BCUT2D eigenvalue weighted by molar-refractivity contribution is -0.384. The van der Waals surface area contributed by atoms with E-state index < -0.39 is 32.7 Å². The third kappa shape index (κ3) is 9.45. The minimum absolute atomic E-state index is 0.00872. The third-order valence-corrected chi connectivity index (χ3v) is 9.74. The van der Waals surface area contributed by atoms with Crippen LogP contribution < -0.4 is 20.1 Å². The van der Waals surface area contributed by atoms with Crippen LogP contribution in [0.5, 0.6) is 5.75 Å². The molecule has 3 N–H and O–H groups in total. The number of non-ortho nitro benzene ring substituents is 1. The Labute approximate surface area is 265 Å². The fourth-order valence-corrected chi connectivity index (χ4v) is 7.73. The van der Waals surface area contributed by atoms with E-state index in [0.29, 0.717) is 23.3 Å².